The Morgan fingerprint density at radius 1 is 1.25 bits per heavy atom. The van der Waals surface area contributed by atoms with Crippen LogP contribution >= 0.6 is 0 Å². The van der Waals surface area contributed by atoms with Crippen molar-refractivity contribution >= 4 is 11.9 Å². The average Bonchev–Trinajstić information content (AvgIpc) is 2.56. The molecule has 0 aromatic rings. The molecule has 0 N–H and O–H groups in total. The second-order valence-electron chi connectivity index (χ2n) is 5.85. The number of rotatable bonds is 0. The van der Waals surface area contributed by atoms with Gasteiger partial charge in [-0.05, 0) is 32.6 Å². The Kier molecular flexibility index (Phi) is 2.68. The van der Waals surface area contributed by atoms with Crippen LogP contribution < -0.4 is 0 Å². The monoisotopic (exact) mass is 225 g/mol. The minimum absolute atomic E-state index is 0.241. The van der Waals surface area contributed by atoms with Crippen LogP contribution in [0, 0.1) is 11.8 Å². The molecule has 2 rings (SSSR count). The molecule has 4 heteroatoms. The largest absolute Gasteiger partial charge is 0.444 e. The molecule has 1 saturated carbocycles. The number of carbonyl (C=O) groups is 2. The number of hydrogen-bond acceptors (Lipinski definition) is 3. The molecule has 1 saturated heterocycles. The molecule has 1 aliphatic heterocycles. The summed E-state index contributed by atoms with van der Waals surface area (Å²) in [6.07, 6.45) is 1.04. The molecule has 1 unspecified atom stereocenters. The van der Waals surface area contributed by atoms with Crippen molar-refractivity contribution in [3.63, 3.8) is 0 Å². The molecule has 1 heterocycles. The van der Waals surface area contributed by atoms with E-state index in [1.807, 2.05) is 20.8 Å². The molecule has 1 aliphatic carbocycles. The van der Waals surface area contributed by atoms with Crippen LogP contribution in [-0.4, -0.2) is 35.5 Å². The SMILES string of the molecule is CC(C)(C)OC(=O)N1CC2CC(=O)C[C@H]2C1. The summed E-state index contributed by atoms with van der Waals surface area (Å²) >= 11 is 0. The summed E-state index contributed by atoms with van der Waals surface area (Å²) in [7, 11) is 0. The predicted molar refractivity (Wildman–Crippen MR) is 59.0 cm³/mol. The standard InChI is InChI=1S/C12H19NO3/c1-12(2,3)16-11(15)13-6-8-4-10(14)5-9(8)7-13/h8-9H,4-7H2,1-3H3/t8-,9?/m0/s1. The van der Waals surface area contributed by atoms with Crippen LogP contribution in [0.25, 0.3) is 0 Å². The quantitative estimate of drug-likeness (QED) is 0.632. The van der Waals surface area contributed by atoms with E-state index in [-0.39, 0.29) is 6.09 Å². The zero-order chi connectivity index (χ0) is 11.9. The van der Waals surface area contributed by atoms with Gasteiger partial charge in [0.05, 0.1) is 0 Å². The molecule has 16 heavy (non-hydrogen) atoms. The summed E-state index contributed by atoms with van der Waals surface area (Å²) in [6, 6.07) is 0. The first-order valence-electron chi connectivity index (χ1n) is 5.85. The van der Waals surface area contributed by atoms with Crippen molar-refractivity contribution in [2.75, 3.05) is 13.1 Å². The van der Waals surface area contributed by atoms with E-state index in [9.17, 15) is 9.59 Å². The Labute approximate surface area is 95.9 Å². The highest BCUT2D eigenvalue weighted by molar-refractivity contribution is 5.82. The summed E-state index contributed by atoms with van der Waals surface area (Å²) in [4.78, 5) is 24.8. The minimum Gasteiger partial charge on any atom is -0.444 e. The van der Waals surface area contributed by atoms with Crippen LogP contribution in [0.1, 0.15) is 33.6 Å². The van der Waals surface area contributed by atoms with E-state index in [4.69, 9.17) is 4.74 Å². The van der Waals surface area contributed by atoms with Crippen molar-refractivity contribution in [2.45, 2.75) is 39.2 Å². The fourth-order valence-corrected chi connectivity index (χ4v) is 2.55. The Bertz CT molecular complexity index is 303. The highest BCUT2D eigenvalue weighted by Crippen LogP contribution is 2.36. The maximum atomic E-state index is 11.8. The molecule has 0 bridgehead atoms. The van der Waals surface area contributed by atoms with E-state index in [1.54, 1.807) is 4.90 Å². The van der Waals surface area contributed by atoms with Crippen LogP contribution in [0.15, 0.2) is 0 Å². The van der Waals surface area contributed by atoms with Crippen molar-refractivity contribution in [3.8, 4) is 0 Å². The number of ether oxygens (including phenoxy) is 1. The van der Waals surface area contributed by atoms with Gasteiger partial charge < -0.3 is 9.64 Å². The van der Waals surface area contributed by atoms with Crippen LogP contribution in [0.5, 0.6) is 0 Å². The normalized spacial score (nSPS) is 29.4. The number of nitrogens with zero attached hydrogens (tertiary/aromatic N) is 1. The van der Waals surface area contributed by atoms with Gasteiger partial charge in [0, 0.05) is 25.9 Å². The lowest BCUT2D eigenvalue weighted by Crippen LogP contribution is -2.36. The number of amides is 1. The van der Waals surface area contributed by atoms with Gasteiger partial charge in [-0.15, -0.1) is 0 Å². The van der Waals surface area contributed by atoms with Crippen LogP contribution in [-0.2, 0) is 9.53 Å². The predicted octanol–water partition coefficient (Wildman–Crippen LogP) is 1.83. The summed E-state index contributed by atoms with van der Waals surface area (Å²) < 4.78 is 5.32. The minimum atomic E-state index is -0.440. The van der Waals surface area contributed by atoms with E-state index in [0.717, 1.165) is 0 Å². The topological polar surface area (TPSA) is 46.6 Å². The Balaban J connectivity index is 1.90. The van der Waals surface area contributed by atoms with E-state index in [0.29, 0.717) is 43.6 Å². The van der Waals surface area contributed by atoms with Gasteiger partial charge in [-0.25, -0.2) is 4.79 Å². The second kappa shape index (κ2) is 3.75. The lowest BCUT2D eigenvalue weighted by molar-refractivity contribution is -0.118. The van der Waals surface area contributed by atoms with Gasteiger partial charge in [-0.1, -0.05) is 0 Å². The fraction of sp³-hybridized carbons (Fsp3) is 0.833. The highest BCUT2D eigenvalue weighted by atomic mass is 16.6. The summed E-state index contributed by atoms with van der Waals surface area (Å²) in [5, 5.41) is 0. The van der Waals surface area contributed by atoms with Gasteiger partial charge in [0.2, 0.25) is 0 Å². The van der Waals surface area contributed by atoms with Crippen LogP contribution in [0.4, 0.5) is 4.79 Å². The smallest absolute Gasteiger partial charge is 0.410 e. The van der Waals surface area contributed by atoms with E-state index in [2.05, 4.69) is 0 Å². The molecule has 0 spiro atoms. The molecule has 90 valence electrons. The van der Waals surface area contributed by atoms with Crippen molar-refractivity contribution in [2.24, 2.45) is 11.8 Å². The number of hydrogen-bond donors (Lipinski definition) is 0. The van der Waals surface area contributed by atoms with Crippen molar-refractivity contribution in [1.29, 1.82) is 0 Å². The van der Waals surface area contributed by atoms with Crippen LogP contribution in [0.3, 0.4) is 0 Å². The molecule has 1 amide bonds. The summed E-state index contributed by atoms with van der Waals surface area (Å²) in [5.74, 6) is 1.10. The summed E-state index contributed by atoms with van der Waals surface area (Å²) in [5.41, 5.74) is -0.440. The molecular formula is C12H19NO3. The molecule has 2 atom stereocenters. The van der Waals surface area contributed by atoms with Crippen LogP contribution in [0.2, 0.25) is 0 Å². The van der Waals surface area contributed by atoms with Crippen molar-refractivity contribution in [3.05, 3.63) is 0 Å². The van der Waals surface area contributed by atoms with Gasteiger partial charge in [0.15, 0.2) is 0 Å². The molecule has 0 aromatic carbocycles. The molecule has 2 fully saturated rings. The maximum Gasteiger partial charge on any atom is 0.410 e. The number of Topliss-reactive ketones (excluding diaryl/α,β-unsaturated/α-hetero) is 1. The third-order valence-corrected chi connectivity index (χ3v) is 3.21. The van der Waals surface area contributed by atoms with E-state index >= 15 is 0 Å². The number of likely N-dealkylation sites (tertiary alicyclic amines) is 1. The number of fused-ring (bicyclic) bond motifs is 1. The first-order chi connectivity index (χ1) is 7.35. The lowest BCUT2D eigenvalue weighted by Gasteiger charge is -2.24. The van der Waals surface area contributed by atoms with Gasteiger partial charge in [-0.2, -0.15) is 0 Å². The first kappa shape index (κ1) is 11.4. The fourth-order valence-electron chi connectivity index (χ4n) is 2.55. The number of carbonyl (C=O) groups excluding carboxylic acids is 2. The molecule has 0 radical (unpaired) electrons. The van der Waals surface area contributed by atoms with Crippen molar-refractivity contribution < 1.29 is 14.3 Å². The van der Waals surface area contributed by atoms with E-state index < -0.39 is 5.60 Å². The molecule has 2 aliphatic rings. The first-order valence-corrected chi connectivity index (χ1v) is 5.85. The van der Waals surface area contributed by atoms with Gasteiger partial charge >= 0.3 is 6.09 Å². The van der Waals surface area contributed by atoms with Gasteiger partial charge in [0.1, 0.15) is 11.4 Å². The molecular weight excluding hydrogens is 206 g/mol. The van der Waals surface area contributed by atoms with Gasteiger partial charge in [0.25, 0.3) is 0 Å². The third kappa shape index (κ3) is 2.36. The molecule has 4 nitrogen and oxygen atoms in total. The molecule has 0 aromatic heterocycles. The zero-order valence-electron chi connectivity index (χ0n) is 10.2. The zero-order valence-corrected chi connectivity index (χ0v) is 10.2. The Morgan fingerprint density at radius 2 is 1.75 bits per heavy atom. The lowest BCUT2D eigenvalue weighted by atomic mass is 10.0. The third-order valence-electron chi connectivity index (χ3n) is 3.21. The second-order valence-corrected chi connectivity index (χ2v) is 5.85. The summed E-state index contributed by atoms with van der Waals surface area (Å²) in [6.45, 7) is 6.97. The highest BCUT2D eigenvalue weighted by Gasteiger charge is 2.42. The average molecular weight is 225 g/mol. The number of ketones is 1. The Morgan fingerprint density at radius 3 is 2.19 bits per heavy atom. The maximum absolute atomic E-state index is 11.8. The van der Waals surface area contributed by atoms with Gasteiger partial charge in [-0.3, -0.25) is 4.79 Å². The Hall–Kier alpha value is -1.06. The van der Waals surface area contributed by atoms with E-state index in [1.165, 1.54) is 0 Å². The van der Waals surface area contributed by atoms with Crippen molar-refractivity contribution in [1.82, 2.24) is 4.90 Å².